The summed E-state index contributed by atoms with van der Waals surface area (Å²) in [7, 11) is 0. The molecule has 0 saturated heterocycles. The summed E-state index contributed by atoms with van der Waals surface area (Å²) in [5.41, 5.74) is 7.41. The van der Waals surface area contributed by atoms with Crippen molar-refractivity contribution in [3.63, 3.8) is 0 Å². The number of furan rings is 1. The molecule has 3 aromatic rings. The molecule has 0 aliphatic rings. The van der Waals surface area contributed by atoms with Crippen molar-refractivity contribution in [3.05, 3.63) is 36.9 Å². The van der Waals surface area contributed by atoms with Gasteiger partial charge in [0.2, 0.25) is 0 Å². The molecule has 82 valence electrons. The number of fused-ring (bicyclic) bond motifs is 1. The van der Waals surface area contributed by atoms with Crippen LogP contribution < -0.4 is 5.73 Å². The number of nitrogens with two attached hydrogens (primary N) is 1. The molecule has 0 unspecified atom stereocenters. The van der Waals surface area contributed by atoms with E-state index < -0.39 is 0 Å². The molecule has 0 bridgehead atoms. The van der Waals surface area contributed by atoms with Gasteiger partial charge in [0.25, 0.3) is 0 Å². The molecule has 16 heavy (non-hydrogen) atoms. The van der Waals surface area contributed by atoms with Crippen LogP contribution in [0.15, 0.2) is 41.3 Å². The van der Waals surface area contributed by atoms with E-state index in [1.54, 1.807) is 6.26 Å². The average Bonchev–Trinajstić information content (AvgIpc) is 2.93. The lowest BCUT2D eigenvalue weighted by atomic mass is 10.3. The van der Waals surface area contributed by atoms with Crippen molar-refractivity contribution in [2.75, 3.05) is 6.54 Å². The molecule has 3 rings (SSSR count). The Hall–Kier alpha value is -2.01. The van der Waals surface area contributed by atoms with Crippen LogP contribution in [0.25, 0.3) is 17.1 Å². The third kappa shape index (κ3) is 1.33. The van der Waals surface area contributed by atoms with E-state index in [-0.39, 0.29) is 0 Å². The normalized spacial score (nSPS) is 11.3. The van der Waals surface area contributed by atoms with Gasteiger partial charge in [0.05, 0.1) is 6.26 Å². The summed E-state index contributed by atoms with van der Waals surface area (Å²) in [5.74, 6) is 0.781. The lowest BCUT2D eigenvalue weighted by molar-refractivity contribution is 0.579. The van der Waals surface area contributed by atoms with Gasteiger partial charge < -0.3 is 14.7 Å². The van der Waals surface area contributed by atoms with Gasteiger partial charge in [0.1, 0.15) is 11.3 Å². The highest BCUT2D eigenvalue weighted by Crippen LogP contribution is 2.20. The zero-order valence-electron chi connectivity index (χ0n) is 8.71. The number of nitrogens with zero attached hydrogens (tertiary/aromatic N) is 3. The van der Waals surface area contributed by atoms with Crippen molar-refractivity contribution in [1.29, 1.82) is 0 Å². The van der Waals surface area contributed by atoms with Crippen molar-refractivity contribution >= 4 is 5.65 Å². The molecule has 0 aromatic carbocycles. The molecule has 0 fully saturated rings. The zero-order valence-corrected chi connectivity index (χ0v) is 8.71. The first-order valence-electron chi connectivity index (χ1n) is 5.17. The van der Waals surface area contributed by atoms with Gasteiger partial charge in [-0.3, -0.25) is 0 Å². The Morgan fingerprint density at radius 1 is 1.38 bits per heavy atom. The predicted molar refractivity (Wildman–Crippen MR) is 59.9 cm³/mol. The van der Waals surface area contributed by atoms with Gasteiger partial charge in [-0.05, 0) is 12.1 Å². The topological polar surface area (TPSA) is 61.4 Å². The van der Waals surface area contributed by atoms with Crippen LogP contribution in [0, 0.1) is 0 Å². The largest absolute Gasteiger partial charge is 0.463 e. The fourth-order valence-corrected chi connectivity index (χ4v) is 1.80. The Labute approximate surface area is 92.1 Å². The Kier molecular flexibility index (Phi) is 2.04. The molecular weight excluding hydrogens is 204 g/mol. The van der Waals surface area contributed by atoms with Crippen molar-refractivity contribution in [3.8, 4) is 11.5 Å². The van der Waals surface area contributed by atoms with Crippen LogP contribution in [-0.4, -0.2) is 20.7 Å². The van der Waals surface area contributed by atoms with Crippen molar-refractivity contribution < 1.29 is 4.42 Å². The van der Waals surface area contributed by atoms with E-state index >= 15 is 0 Å². The van der Waals surface area contributed by atoms with E-state index in [1.807, 2.05) is 35.1 Å². The molecule has 0 aliphatic heterocycles. The molecule has 0 saturated carbocycles. The minimum absolute atomic E-state index is 0.617. The fourth-order valence-electron chi connectivity index (χ4n) is 1.80. The number of hydrogen-bond acceptors (Lipinski definition) is 3. The number of hydrogen-bond donors (Lipinski definition) is 1. The van der Waals surface area contributed by atoms with Gasteiger partial charge in [-0.2, -0.15) is 5.10 Å². The molecule has 5 heteroatoms. The van der Waals surface area contributed by atoms with E-state index in [0.717, 1.165) is 23.6 Å². The lowest BCUT2D eigenvalue weighted by Gasteiger charge is -1.97. The predicted octanol–water partition coefficient (Wildman–Crippen LogP) is 1.35. The molecule has 0 aliphatic carbocycles. The number of imidazole rings is 1. The van der Waals surface area contributed by atoms with Crippen LogP contribution in [0.4, 0.5) is 0 Å². The van der Waals surface area contributed by atoms with E-state index in [1.165, 1.54) is 0 Å². The molecule has 0 radical (unpaired) electrons. The Bertz CT molecular complexity index is 591. The smallest absolute Gasteiger partial charge is 0.154 e. The van der Waals surface area contributed by atoms with Crippen LogP contribution >= 0.6 is 0 Å². The minimum atomic E-state index is 0.617. The maximum atomic E-state index is 5.54. The highest BCUT2D eigenvalue weighted by atomic mass is 16.3. The molecule has 0 spiro atoms. The monoisotopic (exact) mass is 216 g/mol. The summed E-state index contributed by atoms with van der Waals surface area (Å²) in [5, 5.41) is 4.42. The minimum Gasteiger partial charge on any atom is -0.463 e. The van der Waals surface area contributed by atoms with E-state index in [9.17, 15) is 0 Å². The van der Waals surface area contributed by atoms with Crippen LogP contribution in [-0.2, 0) is 6.54 Å². The summed E-state index contributed by atoms with van der Waals surface area (Å²) in [4.78, 5) is 0. The summed E-state index contributed by atoms with van der Waals surface area (Å²) in [6.07, 6.45) is 5.53. The maximum Gasteiger partial charge on any atom is 0.154 e. The first-order valence-corrected chi connectivity index (χ1v) is 5.17. The number of rotatable bonds is 3. The summed E-state index contributed by atoms with van der Waals surface area (Å²) in [6, 6.07) is 5.75. The summed E-state index contributed by atoms with van der Waals surface area (Å²) >= 11 is 0. The summed E-state index contributed by atoms with van der Waals surface area (Å²) < 4.78 is 9.20. The maximum absolute atomic E-state index is 5.54. The SMILES string of the molecule is NCCn1ccn2nc(-c3ccco3)cc12. The standard InChI is InChI=1S/C11H12N4O/c12-3-4-14-5-6-15-11(14)8-9(13-15)10-2-1-7-16-10/h1-2,5-8H,3-4,12H2. The molecule has 0 atom stereocenters. The second kappa shape index (κ2) is 3.53. The second-order valence-corrected chi connectivity index (χ2v) is 3.59. The van der Waals surface area contributed by atoms with E-state index in [4.69, 9.17) is 10.2 Å². The fraction of sp³-hybridized carbons (Fsp3) is 0.182. The molecular formula is C11H12N4O. The van der Waals surface area contributed by atoms with Crippen LogP contribution in [0.5, 0.6) is 0 Å². The lowest BCUT2D eigenvalue weighted by Crippen LogP contribution is -2.08. The molecule has 0 amide bonds. The van der Waals surface area contributed by atoms with Crippen LogP contribution in [0.3, 0.4) is 0 Å². The Balaban J connectivity index is 2.09. The molecule has 5 nitrogen and oxygen atoms in total. The molecule has 3 aromatic heterocycles. The van der Waals surface area contributed by atoms with E-state index in [2.05, 4.69) is 9.67 Å². The molecule has 3 heterocycles. The number of aromatic nitrogens is 3. The quantitative estimate of drug-likeness (QED) is 0.719. The van der Waals surface area contributed by atoms with Gasteiger partial charge in [-0.15, -0.1) is 0 Å². The van der Waals surface area contributed by atoms with Crippen LogP contribution in [0.2, 0.25) is 0 Å². The average molecular weight is 216 g/mol. The zero-order chi connectivity index (χ0) is 11.0. The Morgan fingerprint density at radius 2 is 2.31 bits per heavy atom. The van der Waals surface area contributed by atoms with Gasteiger partial charge in [0, 0.05) is 31.5 Å². The highest BCUT2D eigenvalue weighted by Gasteiger charge is 2.09. The summed E-state index contributed by atoms with van der Waals surface area (Å²) in [6.45, 7) is 1.41. The Morgan fingerprint density at radius 3 is 3.06 bits per heavy atom. The van der Waals surface area contributed by atoms with Crippen molar-refractivity contribution in [2.24, 2.45) is 5.73 Å². The van der Waals surface area contributed by atoms with Gasteiger partial charge in [-0.1, -0.05) is 0 Å². The first-order chi connectivity index (χ1) is 7.88. The third-order valence-electron chi connectivity index (χ3n) is 2.54. The van der Waals surface area contributed by atoms with Crippen LogP contribution in [0.1, 0.15) is 0 Å². The highest BCUT2D eigenvalue weighted by molar-refractivity contribution is 5.59. The van der Waals surface area contributed by atoms with Gasteiger partial charge >= 0.3 is 0 Å². The first kappa shape index (κ1) is 9.23. The molecule has 2 N–H and O–H groups in total. The van der Waals surface area contributed by atoms with Gasteiger partial charge in [-0.25, -0.2) is 4.52 Å². The van der Waals surface area contributed by atoms with Crippen molar-refractivity contribution in [1.82, 2.24) is 14.2 Å². The van der Waals surface area contributed by atoms with Gasteiger partial charge in [0.15, 0.2) is 5.76 Å². The van der Waals surface area contributed by atoms with E-state index in [0.29, 0.717) is 6.54 Å². The second-order valence-electron chi connectivity index (χ2n) is 3.59. The van der Waals surface area contributed by atoms with Crippen molar-refractivity contribution in [2.45, 2.75) is 6.54 Å². The third-order valence-corrected chi connectivity index (χ3v) is 2.54.